The molecule has 4 aliphatic rings. The Hall–Kier alpha value is -10.2. The molecule has 4 aliphatic carbocycles. The first-order valence-electron chi connectivity index (χ1n) is 40.8. The third-order valence-electron chi connectivity index (χ3n) is 20.7. The Morgan fingerprint density at radius 3 is 1.32 bits per heavy atom. The van der Waals surface area contributed by atoms with E-state index in [9.17, 15) is 48.3 Å². The minimum Gasteiger partial charge on any atom is -0.462 e. The molecule has 650 valence electrons. The number of amides is 11. The zero-order chi connectivity index (χ0) is 87.0. The van der Waals surface area contributed by atoms with Gasteiger partial charge in [-0.1, -0.05) is 150 Å². The Labute approximate surface area is 715 Å². The van der Waals surface area contributed by atoms with E-state index in [1.165, 1.54) is 63.0 Å². The number of thioether (sulfide) groups is 3. The third kappa shape index (κ3) is 32.7. The van der Waals surface area contributed by atoms with Gasteiger partial charge < -0.3 is 82.5 Å². The molecule has 4 bridgehead atoms. The van der Waals surface area contributed by atoms with Gasteiger partial charge in [0.15, 0.2) is 0 Å². The standard InChI is InChI=1S/C88H117N11O18S3/c1-52-24-30-61(31-25-52)46-118-49-70(81(107)93-57(6)85(111)114-44-59-19-13-11-14-20-59)97-82(108)71(50-119-47-62-32-26-53(2)27-33-62)98-84(110)75(58(7)100)99-83(109)72(51-120-48-63-34-28-54(3)29-35-63)96-79(105)68(23-17-18-36-89-86(112)115-45-60-21-15-12-16-22-60)94-80(106)69(42-74(102)116-76-66-38-64-37-65(40-66)41-67(76)39-64)95-78(104)56(5)92-77(103)55(4)91-73(101)43-90-87(113)117-88(8,9)10/h11-16,19-22,24-35,55-58,64-72,75-76,100H,17-18,23,36-51H2,1-10H3,(H,89,112)(H,90,113)(H,91,101)(H,92,103)(H,93,107)(H,94,106)(H,95,104)(H,96,105)(H,97,108)(H,98,110)(H,99,109)/t55-,56-,57-,58+,64?,65?,66?,67?,68-,69-,70-,71-,72-,75-,76?/m0/s1. The van der Waals surface area contributed by atoms with E-state index < -0.39 is 162 Å². The van der Waals surface area contributed by atoms with E-state index in [1.807, 2.05) is 106 Å². The topological polar surface area (TPSA) is 411 Å². The zero-order valence-electron chi connectivity index (χ0n) is 69.9. The highest BCUT2D eigenvalue weighted by Crippen LogP contribution is 2.54. The van der Waals surface area contributed by atoms with Crippen LogP contribution in [0.25, 0.3) is 0 Å². The molecular formula is C88H117N11O18S3. The fourth-order valence-electron chi connectivity index (χ4n) is 14.3. The quantitative estimate of drug-likeness (QED) is 0.0101. The largest absolute Gasteiger partial charge is 0.462 e. The maximum atomic E-state index is 15.4. The number of carbonyl (C=O) groups excluding carboxylic acids is 13. The third-order valence-corrected chi connectivity index (χ3v) is 24.0. The number of aliphatic hydroxyl groups excluding tert-OH is 1. The van der Waals surface area contributed by atoms with Gasteiger partial charge in [-0.3, -0.25) is 47.9 Å². The van der Waals surface area contributed by atoms with Crippen LogP contribution in [-0.2, 0) is 102 Å². The molecule has 4 saturated carbocycles. The van der Waals surface area contributed by atoms with Crippen LogP contribution < -0.4 is 58.5 Å². The number of alkyl carbamates (subject to hydrolysis) is 2. The lowest BCUT2D eigenvalue weighted by Crippen LogP contribution is -2.62. The summed E-state index contributed by atoms with van der Waals surface area (Å²) in [5.41, 5.74) is 6.33. The second-order valence-electron chi connectivity index (χ2n) is 32.3. The maximum Gasteiger partial charge on any atom is 0.408 e. The normalized spacial score (nSPS) is 18.2. The van der Waals surface area contributed by atoms with Crippen molar-refractivity contribution in [2.24, 2.45) is 23.7 Å². The van der Waals surface area contributed by atoms with Gasteiger partial charge in [0.25, 0.3) is 0 Å². The van der Waals surface area contributed by atoms with Crippen molar-refractivity contribution in [2.45, 2.75) is 230 Å². The van der Waals surface area contributed by atoms with Crippen molar-refractivity contribution in [1.82, 2.24) is 58.5 Å². The van der Waals surface area contributed by atoms with Crippen LogP contribution in [0.2, 0.25) is 0 Å². The van der Waals surface area contributed by atoms with Crippen molar-refractivity contribution < 1.29 is 86.4 Å². The molecule has 0 radical (unpaired) electrons. The molecule has 29 nitrogen and oxygen atoms in total. The molecule has 5 aromatic rings. The smallest absolute Gasteiger partial charge is 0.408 e. The van der Waals surface area contributed by atoms with Crippen LogP contribution in [-0.4, -0.2) is 185 Å². The molecule has 9 rings (SSSR count). The van der Waals surface area contributed by atoms with Crippen molar-refractivity contribution in [3.8, 4) is 0 Å². The molecule has 10 atom stereocenters. The number of nitrogens with one attached hydrogen (secondary N) is 11. The second-order valence-corrected chi connectivity index (χ2v) is 35.4. The summed E-state index contributed by atoms with van der Waals surface area (Å²) in [4.78, 5) is 184. The molecule has 0 saturated heterocycles. The van der Waals surface area contributed by atoms with Gasteiger partial charge in [0.05, 0.1) is 12.5 Å². The van der Waals surface area contributed by atoms with Crippen molar-refractivity contribution in [2.75, 3.05) is 30.3 Å². The summed E-state index contributed by atoms with van der Waals surface area (Å²) >= 11 is 3.84. The molecule has 32 heteroatoms. The van der Waals surface area contributed by atoms with Crippen LogP contribution in [0.5, 0.6) is 0 Å². The predicted molar refractivity (Wildman–Crippen MR) is 459 cm³/mol. The summed E-state index contributed by atoms with van der Waals surface area (Å²) in [6.07, 6.45) is 0.310. The number of rotatable bonds is 45. The molecule has 12 N–H and O–H groups in total. The Balaban J connectivity index is 1.04. The van der Waals surface area contributed by atoms with Crippen LogP contribution in [0.15, 0.2) is 133 Å². The van der Waals surface area contributed by atoms with E-state index in [0.717, 1.165) is 76.6 Å². The zero-order valence-corrected chi connectivity index (χ0v) is 72.4. The van der Waals surface area contributed by atoms with Gasteiger partial charge in [0.1, 0.15) is 85.8 Å². The van der Waals surface area contributed by atoms with E-state index in [1.54, 1.807) is 69.3 Å². The highest BCUT2D eigenvalue weighted by Gasteiger charge is 2.50. The first-order chi connectivity index (χ1) is 57.2. The van der Waals surface area contributed by atoms with Crippen LogP contribution in [0.4, 0.5) is 9.59 Å². The highest BCUT2D eigenvalue weighted by atomic mass is 32.2. The molecule has 5 aromatic carbocycles. The Bertz CT molecular complexity index is 4230. The number of aliphatic hydroxyl groups is 1. The molecule has 120 heavy (non-hydrogen) atoms. The number of ether oxygens (including phenoxy) is 4. The Kier molecular flexibility index (Phi) is 37.9. The minimum absolute atomic E-state index is 0.00248. The summed E-state index contributed by atoms with van der Waals surface area (Å²) in [5, 5.41) is 40.5. The van der Waals surface area contributed by atoms with Crippen molar-refractivity contribution in [3.63, 3.8) is 0 Å². The summed E-state index contributed by atoms with van der Waals surface area (Å²) in [6, 6.07) is 27.7. The number of aryl methyl sites for hydroxylation is 3. The van der Waals surface area contributed by atoms with Crippen molar-refractivity contribution in [1.29, 1.82) is 0 Å². The monoisotopic (exact) mass is 1710 g/mol. The Morgan fingerprint density at radius 1 is 0.425 bits per heavy atom. The average molecular weight is 1710 g/mol. The van der Waals surface area contributed by atoms with Gasteiger partial charge in [-0.15, -0.1) is 0 Å². The van der Waals surface area contributed by atoms with E-state index in [-0.39, 0.29) is 68.1 Å². The fourth-order valence-corrected chi connectivity index (χ4v) is 17.4. The van der Waals surface area contributed by atoms with Gasteiger partial charge in [-0.05, 0) is 172 Å². The highest BCUT2D eigenvalue weighted by molar-refractivity contribution is 7.99. The van der Waals surface area contributed by atoms with E-state index in [4.69, 9.17) is 18.9 Å². The van der Waals surface area contributed by atoms with Crippen LogP contribution in [0, 0.1) is 44.4 Å². The maximum absolute atomic E-state index is 15.4. The van der Waals surface area contributed by atoms with Gasteiger partial charge >= 0.3 is 24.1 Å². The lowest BCUT2D eigenvalue weighted by Gasteiger charge is -2.53. The minimum atomic E-state index is -1.82. The molecule has 0 spiro atoms. The molecule has 4 fully saturated rings. The van der Waals surface area contributed by atoms with Gasteiger partial charge in [0, 0.05) is 41.1 Å². The van der Waals surface area contributed by atoms with Crippen molar-refractivity contribution in [3.05, 3.63) is 178 Å². The van der Waals surface area contributed by atoms with Crippen LogP contribution in [0.1, 0.15) is 151 Å². The van der Waals surface area contributed by atoms with Gasteiger partial charge in [-0.25, -0.2) is 14.4 Å². The number of esters is 2. The average Bonchev–Trinajstić information content (AvgIpc) is 0.761. The summed E-state index contributed by atoms with van der Waals surface area (Å²) < 4.78 is 22.4. The molecule has 0 unspecified atom stereocenters. The first-order valence-corrected chi connectivity index (χ1v) is 44.3. The molecule has 0 heterocycles. The van der Waals surface area contributed by atoms with E-state index in [0.29, 0.717) is 29.1 Å². The number of carbonyl (C=O) groups is 13. The van der Waals surface area contributed by atoms with Gasteiger partial charge in [-0.2, -0.15) is 35.3 Å². The predicted octanol–water partition coefficient (Wildman–Crippen LogP) is 7.64. The summed E-state index contributed by atoms with van der Waals surface area (Å²) in [7, 11) is 0. The van der Waals surface area contributed by atoms with Crippen LogP contribution >= 0.6 is 35.3 Å². The second kappa shape index (κ2) is 47.7. The van der Waals surface area contributed by atoms with Crippen LogP contribution in [0.3, 0.4) is 0 Å². The molecule has 0 aliphatic heterocycles. The van der Waals surface area contributed by atoms with E-state index in [2.05, 4.69) is 58.5 Å². The summed E-state index contributed by atoms with van der Waals surface area (Å²) in [5.74, 6) is -7.63. The first kappa shape index (κ1) is 95.3. The Morgan fingerprint density at radius 2 is 0.833 bits per heavy atom. The van der Waals surface area contributed by atoms with E-state index >= 15 is 19.2 Å². The SMILES string of the molecule is Cc1ccc(CSC[C@H](NC(=O)[C@H](CSCc2ccc(C)cc2)NC(=O)[C@@H](NC(=O)[C@H](CSCc2ccc(C)cc2)NC(=O)[C@H](CCCCNC(=O)OCc2ccccc2)NC(=O)[C@H](CC(=O)OC2C3CC4CC(C3)CC2C4)NC(=O)[C@H](C)NC(=O)[C@H](C)NC(=O)CNC(=O)OC(C)(C)C)[C@@H](C)O)C(=O)N[C@@H](C)C(=O)OCc2ccccc2)cc1. The number of benzene rings is 5. The van der Waals surface area contributed by atoms with Crippen molar-refractivity contribution >= 4 is 113 Å². The molecular weight excluding hydrogens is 1600 g/mol. The number of hydrogen-bond acceptors (Lipinski definition) is 21. The lowest BCUT2D eigenvalue weighted by atomic mass is 9.55. The number of unbranched alkanes of at least 4 members (excludes halogenated alkanes) is 1. The molecule has 11 amide bonds. The molecule has 0 aromatic heterocycles. The lowest BCUT2D eigenvalue weighted by molar-refractivity contribution is -0.171. The summed E-state index contributed by atoms with van der Waals surface area (Å²) in [6.45, 7) is 15.5. The number of hydrogen-bond donors (Lipinski definition) is 12. The van der Waals surface area contributed by atoms with Gasteiger partial charge in [0.2, 0.25) is 53.2 Å². The fraction of sp³-hybridized carbons (Fsp3) is 0.511.